The van der Waals surface area contributed by atoms with Crippen LogP contribution in [0.2, 0.25) is 0 Å². The lowest BCUT2D eigenvalue weighted by atomic mass is 10.2. The van der Waals surface area contributed by atoms with Crippen LogP contribution in [0.15, 0.2) is 53.5 Å². The van der Waals surface area contributed by atoms with E-state index >= 15 is 0 Å². The molecule has 0 saturated heterocycles. The Morgan fingerprint density at radius 2 is 2.04 bits per heavy atom. The lowest BCUT2D eigenvalue weighted by molar-refractivity contribution is 0.0944. The van der Waals surface area contributed by atoms with Crippen molar-refractivity contribution in [1.29, 1.82) is 0 Å². The molecule has 128 valence electrons. The van der Waals surface area contributed by atoms with Crippen LogP contribution in [0.4, 0.5) is 0 Å². The monoisotopic (exact) mass is 338 g/mol. The molecule has 0 radical (unpaired) electrons. The lowest BCUT2D eigenvalue weighted by Gasteiger charge is -2.09. The molecule has 1 N–H and O–H groups in total. The number of nitrogens with zero attached hydrogens (tertiary/aromatic N) is 3. The van der Waals surface area contributed by atoms with Gasteiger partial charge < -0.3 is 10.1 Å². The van der Waals surface area contributed by atoms with E-state index in [1.807, 2.05) is 30.3 Å². The van der Waals surface area contributed by atoms with Gasteiger partial charge in [-0.05, 0) is 24.6 Å². The van der Waals surface area contributed by atoms with Crippen molar-refractivity contribution in [3.8, 4) is 5.75 Å². The first-order chi connectivity index (χ1) is 12.1. The van der Waals surface area contributed by atoms with Crippen molar-refractivity contribution in [3.05, 3.63) is 64.7 Å². The smallest absolute Gasteiger partial charge is 0.271 e. The number of aryl methyl sites for hydroxylation is 1. The average molecular weight is 338 g/mol. The van der Waals surface area contributed by atoms with Gasteiger partial charge >= 0.3 is 0 Å². The zero-order valence-electron chi connectivity index (χ0n) is 13.8. The molecule has 0 aliphatic rings. The maximum absolute atomic E-state index is 12.0. The molecule has 25 heavy (non-hydrogen) atoms. The minimum atomic E-state index is -0.317. The van der Waals surface area contributed by atoms with Crippen LogP contribution in [-0.4, -0.2) is 33.8 Å². The van der Waals surface area contributed by atoms with E-state index in [2.05, 4.69) is 15.4 Å². The molecule has 3 aromatic rings. The van der Waals surface area contributed by atoms with Crippen LogP contribution < -0.4 is 15.6 Å². The number of pyridine rings is 1. The van der Waals surface area contributed by atoms with Gasteiger partial charge in [-0.25, -0.2) is 4.68 Å². The summed E-state index contributed by atoms with van der Waals surface area (Å²) in [6.45, 7) is 0.901. The van der Waals surface area contributed by atoms with Gasteiger partial charge in [0.2, 0.25) is 0 Å². The lowest BCUT2D eigenvalue weighted by Crippen LogP contribution is -2.29. The Labute approximate surface area is 144 Å². The molecule has 0 fully saturated rings. The van der Waals surface area contributed by atoms with Crippen LogP contribution in [0.3, 0.4) is 0 Å². The van der Waals surface area contributed by atoms with E-state index in [9.17, 15) is 9.59 Å². The average Bonchev–Trinajstić information content (AvgIpc) is 2.63. The van der Waals surface area contributed by atoms with Crippen LogP contribution in [-0.2, 0) is 7.05 Å². The second kappa shape index (κ2) is 7.57. The van der Waals surface area contributed by atoms with E-state index < -0.39 is 0 Å². The summed E-state index contributed by atoms with van der Waals surface area (Å²) in [5.41, 5.74) is 0.776. The van der Waals surface area contributed by atoms with Crippen LogP contribution in [0.25, 0.3) is 10.9 Å². The van der Waals surface area contributed by atoms with Crippen LogP contribution >= 0.6 is 0 Å². The molecule has 0 bridgehead atoms. The van der Waals surface area contributed by atoms with Crippen LogP contribution in [0, 0.1) is 0 Å². The SMILES string of the molecule is Cn1nc(C(=O)NCCCOc2cccc3cccnc23)ccc1=O. The molecule has 7 heteroatoms. The first-order valence-electron chi connectivity index (χ1n) is 7.94. The van der Waals surface area contributed by atoms with Gasteiger partial charge in [0.25, 0.3) is 11.5 Å². The highest BCUT2D eigenvalue weighted by Crippen LogP contribution is 2.22. The summed E-state index contributed by atoms with van der Waals surface area (Å²) in [5, 5.41) is 7.68. The number of hydrogen-bond donors (Lipinski definition) is 1. The summed E-state index contributed by atoms with van der Waals surface area (Å²) in [6.07, 6.45) is 2.37. The molecule has 3 rings (SSSR count). The van der Waals surface area contributed by atoms with E-state index in [0.717, 1.165) is 21.3 Å². The predicted octanol–water partition coefficient (Wildman–Crippen LogP) is 1.53. The van der Waals surface area contributed by atoms with Crippen LogP contribution in [0.5, 0.6) is 5.75 Å². The number of carbonyl (C=O) groups is 1. The summed E-state index contributed by atoms with van der Waals surface area (Å²) in [4.78, 5) is 27.6. The third-order valence-corrected chi connectivity index (χ3v) is 3.65. The number of fused-ring (bicyclic) bond motifs is 1. The Morgan fingerprint density at radius 1 is 1.20 bits per heavy atom. The number of rotatable bonds is 6. The molecule has 0 atom stereocenters. The fourth-order valence-electron chi connectivity index (χ4n) is 2.36. The molecule has 0 unspecified atom stereocenters. The third-order valence-electron chi connectivity index (χ3n) is 3.65. The van der Waals surface area contributed by atoms with E-state index in [-0.39, 0.29) is 17.2 Å². The van der Waals surface area contributed by atoms with Crippen molar-refractivity contribution in [3.63, 3.8) is 0 Å². The van der Waals surface area contributed by atoms with Gasteiger partial charge in [-0.3, -0.25) is 14.6 Å². The van der Waals surface area contributed by atoms with Crippen molar-refractivity contribution in [2.45, 2.75) is 6.42 Å². The fourth-order valence-corrected chi connectivity index (χ4v) is 2.36. The second-order valence-electron chi connectivity index (χ2n) is 5.47. The summed E-state index contributed by atoms with van der Waals surface area (Å²) in [6, 6.07) is 12.4. The number of para-hydroxylation sites is 1. The minimum Gasteiger partial charge on any atom is -0.491 e. The molecule has 2 heterocycles. The molecule has 1 amide bonds. The summed E-state index contributed by atoms with van der Waals surface area (Å²) < 4.78 is 6.90. The van der Waals surface area contributed by atoms with Gasteiger partial charge in [-0.2, -0.15) is 5.10 Å². The number of amides is 1. The number of carbonyl (C=O) groups excluding carboxylic acids is 1. The van der Waals surface area contributed by atoms with E-state index in [4.69, 9.17) is 4.74 Å². The van der Waals surface area contributed by atoms with E-state index in [1.54, 1.807) is 6.20 Å². The molecule has 0 saturated carbocycles. The Hall–Kier alpha value is -3.22. The maximum Gasteiger partial charge on any atom is 0.271 e. The fraction of sp³-hybridized carbons (Fsp3) is 0.222. The highest BCUT2D eigenvalue weighted by molar-refractivity contribution is 5.91. The number of benzene rings is 1. The number of aromatic nitrogens is 3. The summed E-state index contributed by atoms with van der Waals surface area (Å²) >= 11 is 0. The zero-order chi connectivity index (χ0) is 17.6. The Morgan fingerprint density at radius 3 is 2.88 bits per heavy atom. The van der Waals surface area contributed by atoms with Crippen LogP contribution in [0.1, 0.15) is 16.9 Å². The number of ether oxygens (including phenoxy) is 1. The first kappa shape index (κ1) is 16.6. The molecule has 0 spiro atoms. The van der Waals surface area contributed by atoms with Crippen molar-refractivity contribution in [2.75, 3.05) is 13.2 Å². The second-order valence-corrected chi connectivity index (χ2v) is 5.47. The van der Waals surface area contributed by atoms with E-state index in [1.165, 1.54) is 19.2 Å². The molecular formula is C18H18N4O3. The molecule has 7 nitrogen and oxygen atoms in total. The normalized spacial score (nSPS) is 10.6. The number of nitrogens with one attached hydrogen (secondary N) is 1. The van der Waals surface area contributed by atoms with Crippen molar-refractivity contribution >= 4 is 16.8 Å². The van der Waals surface area contributed by atoms with Crippen molar-refractivity contribution < 1.29 is 9.53 Å². The zero-order valence-corrected chi connectivity index (χ0v) is 13.8. The largest absolute Gasteiger partial charge is 0.491 e. The standard InChI is InChI=1S/C18H18N4O3/c1-22-16(23)9-8-14(21-22)18(24)20-11-4-12-25-15-7-2-5-13-6-3-10-19-17(13)15/h2-3,5-10H,4,11-12H2,1H3,(H,20,24). The first-order valence-corrected chi connectivity index (χ1v) is 7.94. The van der Waals surface area contributed by atoms with Gasteiger partial charge in [0.1, 0.15) is 17.0 Å². The van der Waals surface area contributed by atoms with Gasteiger partial charge in [-0.1, -0.05) is 18.2 Å². The Bertz CT molecular complexity index is 947. The van der Waals surface area contributed by atoms with Gasteiger partial charge in [-0.15, -0.1) is 0 Å². The van der Waals surface area contributed by atoms with Gasteiger partial charge in [0.05, 0.1) is 6.61 Å². The van der Waals surface area contributed by atoms with E-state index in [0.29, 0.717) is 19.6 Å². The number of hydrogen-bond acceptors (Lipinski definition) is 5. The molecule has 0 aliphatic carbocycles. The molecule has 0 aliphatic heterocycles. The quantitative estimate of drug-likeness (QED) is 0.689. The minimum absolute atomic E-state index is 0.210. The van der Waals surface area contributed by atoms with Gasteiger partial charge in [0.15, 0.2) is 0 Å². The van der Waals surface area contributed by atoms with Gasteiger partial charge in [0, 0.05) is 31.2 Å². The van der Waals surface area contributed by atoms with Crippen molar-refractivity contribution in [1.82, 2.24) is 20.1 Å². The molecule has 2 aromatic heterocycles. The molecular weight excluding hydrogens is 320 g/mol. The maximum atomic E-state index is 12.0. The highest BCUT2D eigenvalue weighted by Gasteiger charge is 2.08. The Kier molecular flexibility index (Phi) is 5.03. The predicted molar refractivity (Wildman–Crippen MR) is 93.7 cm³/mol. The molecule has 1 aromatic carbocycles. The third kappa shape index (κ3) is 4.00. The highest BCUT2D eigenvalue weighted by atomic mass is 16.5. The summed E-state index contributed by atoms with van der Waals surface area (Å²) in [5.74, 6) is 0.409. The topological polar surface area (TPSA) is 86.1 Å². The Balaban J connectivity index is 1.49. The summed E-state index contributed by atoms with van der Waals surface area (Å²) in [7, 11) is 1.51. The van der Waals surface area contributed by atoms with Crippen molar-refractivity contribution in [2.24, 2.45) is 7.05 Å².